The predicted octanol–water partition coefficient (Wildman–Crippen LogP) is 0.812. The summed E-state index contributed by atoms with van der Waals surface area (Å²) < 4.78 is 0. The van der Waals surface area contributed by atoms with Crippen LogP contribution in [0.5, 0.6) is 0 Å². The summed E-state index contributed by atoms with van der Waals surface area (Å²) in [5.41, 5.74) is 0.866. The third kappa shape index (κ3) is 2.02. The van der Waals surface area contributed by atoms with Crippen LogP contribution in [0.25, 0.3) is 0 Å². The minimum atomic E-state index is 0.632. The smallest absolute Gasteiger partial charge is 0.126 e. The molecule has 0 atom stereocenters. The Hall–Kier alpha value is -1.91. The SMILES string of the molecule is c1ccc(NCc2cn[nH]n2)nc1. The molecule has 0 aliphatic heterocycles. The fourth-order valence-electron chi connectivity index (χ4n) is 0.959. The Morgan fingerprint density at radius 2 is 2.38 bits per heavy atom. The molecule has 5 nitrogen and oxygen atoms in total. The molecule has 0 spiro atoms. The fraction of sp³-hybridized carbons (Fsp3) is 0.125. The average molecular weight is 175 g/mol. The van der Waals surface area contributed by atoms with Crippen LogP contribution in [0.2, 0.25) is 0 Å². The standard InChI is InChI=1S/C8H9N5/c1-2-4-9-8(3-1)10-5-7-6-11-13-12-7/h1-4,6H,5H2,(H,9,10)(H,11,12,13). The largest absolute Gasteiger partial charge is 0.364 e. The molecule has 2 heterocycles. The summed E-state index contributed by atoms with van der Waals surface area (Å²) in [7, 11) is 0. The molecular formula is C8H9N5. The van der Waals surface area contributed by atoms with Crippen molar-refractivity contribution in [3.63, 3.8) is 0 Å². The third-order valence-corrected chi connectivity index (χ3v) is 1.58. The molecule has 0 fully saturated rings. The van der Waals surface area contributed by atoms with Crippen LogP contribution in [0.3, 0.4) is 0 Å². The topological polar surface area (TPSA) is 66.5 Å². The molecule has 66 valence electrons. The summed E-state index contributed by atoms with van der Waals surface area (Å²) in [6.07, 6.45) is 3.42. The van der Waals surface area contributed by atoms with Gasteiger partial charge < -0.3 is 5.32 Å². The third-order valence-electron chi connectivity index (χ3n) is 1.58. The minimum Gasteiger partial charge on any atom is -0.364 e. The highest BCUT2D eigenvalue weighted by Crippen LogP contribution is 2.01. The van der Waals surface area contributed by atoms with Crippen molar-refractivity contribution in [2.24, 2.45) is 0 Å². The van der Waals surface area contributed by atoms with Crippen molar-refractivity contribution in [2.75, 3.05) is 5.32 Å². The molecule has 0 amide bonds. The first-order valence-electron chi connectivity index (χ1n) is 3.95. The van der Waals surface area contributed by atoms with Gasteiger partial charge in [0.2, 0.25) is 0 Å². The first-order chi connectivity index (χ1) is 6.45. The van der Waals surface area contributed by atoms with Crippen LogP contribution in [0.15, 0.2) is 30.6 Å². The maximum absolute atomic E-state index is 4.11. The summed E-state index contributed by atoms with van der Waals surface area (Å²) in [6.45, 7) is 0.632. The van der Waals surface area contributed by atoms with Crippen molar-refractivity contribution in [3.05, 3.63) is 36.3 Å². The van der Waals surface area contributed by atoms with Gasteiger partial charge in [0.1, 0.15) is 11.5 Å². The van der Waals surface area contributed by atoms with E-state index in [1.54, 1.807) is 12.4 Å². The molecular weight excluding hydrogens is 166 g/mol. The van der Waals surface area contributed by atoms with E-state index < -0.39 is 0 Å². The van der Waals surface area contributed by atoms with Crippen molar-refractivity contribution in [2.45, 2.75) is 6.54 Å². The Morgan fingerprint density at radius 1 is 1.38 bits per heavy atom. The molecule has 5 heteroatoms. The van der Waals surface area contributed by atoms with Crippen LogP contribution < -0.4 is 5.32 Å². The predicted molar refractivity (Wildman–Crippen MR) is 47.9 cm³/mol. The number of hydrogen-bond acceptors (Lipinski definition) is 4. The maximum Gasteiger partial charge on any atom is 0.126 e. The van der Waals surface area contributed by atoms with E-state index >= 15 is 0 Å². The molecule has 0 unspecified atom stereocenters. The number of anilines is 1. The van der Waals surface area contributed by atoms with Crippen LogP contribution in [-0.4, -0.2) is 20.4 Å². The number of nitrogens with zero attached hydrogens (tertiary/aromatic N) is 3. The molecule has 0 bridgehead atoms. The molecule has 0 radical (unpaired) electrons. The molecule has 2 N–H and O–H groups in total. The number of hydrogen-bond donors (Lipinski definition) is 2. The second kappa shape index (κ2) is 3.66. The molecule has 2 aromatic heterocycles. The van der Waals surface area contributed by atoms with Crippen molar-refractivity contribution in [1.82, 2.24) is 20.4 Å². The van der Waals surface area contributed by atoms with Gasteiger partial charge in [-0.05, 0) is 12.1 Å². The van der Waals surface area contributed by atoms with Gasteiger partial charge in [-0.2, -0.15) is 15.4 Å². The Bertz CT molecular complexity index is 342. The van der Waals surface area contributed by atoms with Gasteiger partial charge >= 0.3 is 0 Å². The van der Waals surface area contributed by atoms with E-state index in [1.165, 1.54) is 0 Å². The Labute approximate surface area is 75.2 Å². The lowest BCUT2D eigenvalue weighted by atomic mass is 10.4. The molecule has 0 saturated heterocycles. The van der Waals surface area contributed by atoms with Gasteiger partial charge in [0, 0.05) is 6.20 Å². The van der Waals surface area contributed by atoms with Gasteiger partial charge in [-0.3, -0.25) is 0 Å². The zero-order chi connectivity index (χ0) is 8.93. The summed E-state index contributed by atoms with van der Waals surface area (Å²) in [5.74, 6) is 0.838. The van der Waals surface area contributed by atoms with Gasteiger partial charge in [0.05, 0.1) is 12.7 Å². The lowest BCUT2D eigenvalue weighted by molar-refractivity contribution is 0.909. The van der Waals surface area contributed by atoms with E-state index in [4.69, 9.17) is 0 Å². The summed E-state index contributed by atoms with van der Waals surface area (Å²) in [4.78, 5) is 4.11. The number of H-pyrrole nitrogens is 1. The van der Waals surface area contributed by atoms with Crippen LogP contribution >= 0.6 is 0 Å². The van der Waals surface area contributed by atoms with E-state index in [-0.39, 0.29) is 0 Å². The summed E-state index contributed by atoms with van der Waals surface area (Å²) >= 11 is 0. The molecule has 2 aromatic rings. The lowest BCUT2D eigenvalue weighted by Gasteiger charge is -2.00. The van der Waals surface area contributed by atoms with Gasteiger partial charge in [-0.15, -0.1) is 0 Å². The molecule has 2 rings (SSSR count). The average Bonchev–Trinajstić information content (AvgIpc) is 2.69. The number of pyridine rings is 1. The normalized spacial score (nSPS) is 9.85. The van der Waals surface area contributed by atoms with Gasteiger partial charge in [-0.1, -0.05) is 6.07 Å². The highest BCUT2D eigenvalue weighted by Gasteiger charge is 1.95. The van der Waals surface area contributed by atoms with Crippen molar-refractivity contribution >= 4 is 5.82 Å². The Kier molecular flexibility index (Phi) is 2.18. The van der Waals surface area contributed by atoms with E-state index in [0.717, 1.165) is 11.5 Å². The quantitative estimate of drug-likeness (QED) is 0.724. The zero-order valence-corrected chi connectivity index (χ0v) is 6.94. The highest BCUT2D eigenvalue weighted by atomic mass is 15.3. The first kappa shape index (κ1) is 7.72. The van der Waals surface area contributed by atoms with Gasteiger partial charge in [0.15, 0.2) is 0 Å². The van der Waals surface area contributed by atoms with E-state index in [9.17, 15) is 0 Å². The second-order valence-electron chi connectivity index (χ2n) is 2.53. The Morgan fingerprint density at radius 3 is 3.08 bits per heavy atom. The molecule has 0 saturated carbocycles. The van der Waals surface area contributed by atoms with Crippen LogP contribution in [0.4, 0.5) is 5.82 Å². The van der Waals surface area contributed by atoms with Gasteiger partial charge in [-0.25, -0.2) is 4.98 Å². The van der Waals surface area contributed by atoms with Crippen molar-refractivity contribution in [1.29, 1.82) is 0 Å². The van der Waals surface area contributed by atoms with Crippen LogP contribution in [0.1, 0.15) is 5.69 Å². The number of aromatic nitrogens is 4. The summed E-state index contributed by atoms with van der Waals surface area (Å²) in [5, 5.41) is 13.3. The monoisotopic (exact) mass is 175 g/mol. The number of rotatable bonds is 3. The Balaban J connectivity index is 1.94. The van der Waals surface area contributed by atoms with Crippen molar-refractivity contribution < 1.29 is 0 Å². The molecule has 0 aliphatic carbocycles. The van der Waals surface area contributed by atoms with E-state index in [2.05, 4.69) is 25.7 Å². The molecule has 0 aromatic carbocycles. The minimum absolute atomic E-state index is 0.632. The fourth-order valence-corrected chi connectivity index (χ4v) is 0.959. The highest BCUT2D eigenvalue weighted by molar-refractivity contribution is 5.33. The number of nitrogens with one attached hydrogen (secondary N) is 2. The molecule has 0 aliphatic rings. The second-order valence-corrected chi connectivity index (χ2v) is 2.53. The molecule has 13 heavy (non-hydrogen) atoms. The van der Waals surface area contributed by atoms with Crippen molar-refractivity contribution in [3.8, 4) is 0 Å². The van der Waals surface area contributed by atoms with Crippen LogP contribution in [0, 0.1) is 0 Å². The lowest BCUT2D eigenvalue weighted by Crippen LogP contribution is -2.00. The van der Waals surface area contributed by atoms with Gasteiger partial charge in [0.25, 0.3) is 0 Å². The van der Waals surface area contributed by atoms with E-state index in [1.807, 2.05) is 18.2 Å². The first-order valence-corrected chi connectivity index (χ1v) is 3.95. The van der Waals surface area contributed by atoms with Crippen LogP contribution in [-0.2, 0) is 6.54 Å². The van der Waals surface area contributed by atoms with E-state index in [0.29, 0.717) is 6.54 Å². The summed E-state index contributed by atoms with van der Waals surface area (Å²) in [6, 6.07) is 5.71. The maximum atomic E-state index is 4.11. The number of aromatic amines is 1. The zero-order valence-electron chi connectivity index (χ0n) is 6.94.